The van der Waals surface area contributed by atoms with E-state index < -0.39 is 6.16 Å². The predicted molar refractivity (Wildman–Crippen MR) is 141 cm³/mol. The molecule has 0 saturated heterocycles. The van der Waals surface area contributed by atoms with Gasteiger partial charge in [-0.1, -0.05) is 76.6 Å². The second-order valence-electron chi connectivity index (χ2n) is 11.2. The van der Waals surface area contributed by atoms with Crippen LogP contribution in [0.15, 0.2) is 47.6 Å². The molecule has 182 valence electrons. The number of fused-ring (bicyclic) bond motifs is 1. The van der Waals surface area contributed by atoms with Crippen molar-refractivity contribution in [1.29, 1.82) is 0 Å². The maximum atomic E-state index is 10.9. The van der Waals surface area contributed by atoms with Crippen molar-refractivity contribution in [3.05, 3.63) is 47.6 Å². The molecule has 6 atom stereocenters. The molecule has 4 heteroatoms. The number of hydrogen-bond donors (Lipinski definition) is 1. The molecule has 3 nitrogen and oxygen atoms in total. The van der Waals surface area contributed by atoms with Gasteiger partial charge in [0.05, 0.1) is 0 Å². The summed E-state index contributed by atoms with van der Waals surface area (Å²) < 4.78 is 5.05. The topological polar surface area (TPSA) is 46.5 Å². The third-order valence-corrected chi connectivity index (χ3v) is 8.88. The van der Waals surface area contributed by atoms with E-state index in [0.717, 1.165) is 29.9 Å². The van der Waals surface area contributed by atoms with E-state index in [1.165, 1.54) is 32.1 Å². The molecule has 0 aromatic carbocycles. The molecule has 1 N–H and O–H groups in total. The molecule has 3 aliphatic rings. The van der Waals surface area contributed by atoms with Crippen molar-refractivity contribution in [2.45, 2.75) is 92.1 Å². The molecule has 33 heavy (non-hydrogen) atoms. The summed E-state index contributed by atoms with van der Waals surface area (Å²) >= 11 is 0. The average molecular weight is 483 g/mol. The minimum atomic E-state index is -1.17. The van der Waals surface area contributed by atoms with E-state index >= 15 is 0 Å². The van der Waals surface area contributed by atoms with Crippen molar-refractivity contribution < 1.29 is 14.6 Å². The van der Waals surface area contributed by atoms with Crippen LogP contribution in [0, 0.1) is 35.0 Å². The molecule has 3 fully saturated rings. The van der Waals surface area contributed by atoms with Crippen LogP contribution in [0.2, 0.25) is 0 Å². The van der Waals surface area contributed by atoms with Crippen molar-refractivity contribution in [2.75, 3.05) is 0 Å². The van der Waals surface area contributed by atoms with Crippen LogP contribution in [0.1, 0.15) is 86.0 Å². The summed E-state index contributed by atoms with van der Waals surface area (Å²) in [5.41, 5.74) is 4.27. The fourth-order valence-electron chi connectivity index (χ4n) is 6.47. The molecule has 0 aliphatic heterocycles. The molecule has 0 aromatic heterocycles. The molecule has 0 spiro atoms. The third-order valence-electron chi connectivity index (χ3n) is 8.88. The predicted octanol–water partition coefficient (Wildman–Crippen LogP) is 7.43. The standard InChI is InChI=1S/C29H44O3.Ca.2H/c1-19(2)20(3)9-10-22(5)26-15-16-27-23(8-7-17-29(26,27)6)12-13-24-18-25(32-28(30)31)14-11-21(24)4;;;/h9-10,12-13,19-20,22,25-27H,4,7-8,11,14-18H2,1-3,5-6H3,(H,30,31);;;/b10-9+,23-12+,24-13-;;;/t20-,22+,25-,26+,27?,29+;;;/m0.../s1. The summed E-state index contributed by atoms with van der Waals surface area (Å²) in [7, 11) is 0. The van der Waals surface area contributed by atoms with Crippen LogP contribution in [0.5, 0.6) is 0 Å². The van der Waals surface area contributed by atoms with Gasteiger partial charge in [0.15, 0.2) is 0 Å². The molecule has 0 bridgehead atoms. The molecule has 3 rings (SSSR count). The summed E-state index contributed by atoms with van der Waals surface area (Å²) in [5.74, 6) is 3.36. The van der Waals surface area contributed by atoms with Gasteiger partial charge in [0.25, 0.3) is 0 Å². The normalized spacial score (nSPS) is 34.4. The second-order valence-corrected chi connectivity index (χ2v) is 11.2. The Morgan fingerprint density at radius 1 is 1.12 bits per heavy atom. The Balaban J connectivity index is 0.00000385. The van der Waals surface area contributed by atoms with E-state index in [9.17, 15) is 4.79 Å². The molecule has 3 aliphatic carbocycles. The van der Waals surface area contributed by atoms with Gasteiger partial charge in [-0.15, -0.1) is 0 Å². The first-order valence-electron chi connectivity index (χ1n) is 12.8. The summed E-state index contributed by atoms with van der Waals surface area (Å²) in [6, 6.07) is 0. The first kappa shape index (κ1) is 28.7. The van der Waals surface area contributed by atoms with Crippen LogP contribution in [0.4, 0.5) is 4.79 Å². The van der Waals surface area contributed by atoms with Crippen LogP contribution in [0.25, 0.3) is 0 Å². The number of hydrogen-bond acceptors (Lipinski definition) is 2. The van der Waals surface area contributed by atoms with Gasteiger partial charge in [-0.25, -0.2) is 4.79 Å². The Labute approximate surface area is 231 Å². The monoisotopic (exact) mass is 482 g/mol. The second kappa shape index (κ2) is 12.5. The Morgan fingerprint density at radius 3 is 2.52 bits per heavy atom. The minimum absolute atomic E-state index is 0. The van der Waals surface area contributed by atoms with Gasteiger partial charge < -0.3 is 9.84 Å². The van der Waals surface area contributed by atoms with E-state index in [1.807, 2.05) is 0 Å². The Kier molecular flexibility index (Phi) is 10.8. The van der Waals surface area contributed by atoms with Crippen molar-refractivity contribution in [2.24, 2.45) is 35.0 Å². The van der Waals surface area contributed by atoms with Gasteiger partial charge in [-0.05, 0) is 85.5 Å². The Morgan fingerprint density at radius 2 is 1.85 bits per heavy atom. The molecule has 0 aromatic rings. The quantitative estimate of drug-likeness (QED) is 0.243. The average Bonchev–Trinajstić information content (AvgIpc) is 3.09. The third kappa shape index (κ3) is 7.01. The van der Waals surface area contributed by atoms with Crippen molar-refractivity contribution in [3.8, 4) is 0 Å². The van der Waals surface area contributed by atoms with E-state index in [2.05, 4.69) is 65.5 Å². The number of carboxylic acid groups (broad SMARTS) is 1. The SMILES string of the molecule is C=C1CC[C@H](OC(=O)O)C/C1=C/C=C1\CCC[C@@]2(C)C1CC[C@@H]2[C@H](C)/C=C/[C@H](C)C(C)C.[CaH2]. The zero-order valence-electron chi connectivity index (χ0n) is 20.9. The number of carbonyl (C=O) groups is 1. The molecular weight excluding hydrogens is 436 g/mol. The van der Waals surface area contributed by atoms with E-state index in [1.54, 1.807) is 5.57 Å². The van der Waals surface area contributed by atoms with Crippen LogP contribution in [-0.4, -0.2) is 55.1 Å². The Hall–Kier alpha value is -0.510. The van der Waals surface area contributed by atoms with Crippen LogP contribution >= 0.6 is 0 Å². The fourth-order valence-corrected chi connectivity index (χ4v) is 6.47. The fraction of sp³-hybridized carbons (Fsp3) is 0.690. The van der Waals surface area contributed by atoms with Gasteiger partial charge in [0, 0.05) is 6.42 Å². The first-order valence-corrected chi connectivity index (χ1v) is 12.8. The Bertz CT molecular complexity index is 793. The summed E-state index contributed by atoms with van der Waals surface area (Å²) in [4.78, 5) is 10.9. The summed E-state index contributed by atoms with van der Waals surface area (Å²) in [6.07, 6.45) is 16.7. The van der Waals surface area contributed by atoms with Gasteiger partial charge in [0.1, 0.15) is 6.10 Å². The summed E-state index contributed by atoms with van der Waals surface area (Å²) in [5, 5.41) is 8.97. The van der Waals surface area contributed by atoms with Crippen LogP contribution in [-0.2, 0) is 4.74 Å². The van der Waals surface area contributed by atoms with Crippen molar-refractivity contribution >= 4 is 43.9 Å². The molecule has 0 amide bonds. The zero-order valence-corrected chi connectivity index (χ0v) is 20.9. The maximum absolute atomic E-state index is 10.9. The van der Waals surface area contributed by atoms with Crippen LogP contribution in [0.3, 0.4) is 0 Å². The van der Waals surface area contributed by atoms with Gasteiger partial charge in [-0.3, -0.25) is 0 Å². The van der Waals surface area contributed by atoms with E-state index in [4.69, 9.17) is 9.84 Å². The molecule has 0 radical (unpaired) electrons. The van der Waals surface area contributed by atoms with Gasteiger partial charge in [0.2, 0.25) is 0 Å². The van der Waals surface area contributed by atoms with Gasteiger partial charge in [-0.2, -0.15) is 0 Å². The van der Waals surface area contributed by atoms with Crippen LogP contribution < -0.4 is 0 Å². The molecular formula is C29H46CaO3. The number of allylic oxidation sites excluding steroid dienone is 6. The molecule has 0 heterocycles. The first-order chi connectivity index (χ1) is 15.1. The number of ether oxygens (including phenoxy) is 1. The molecule has 1 unspecified atom stereocenters. The van der Waals surface area contributed by atoms with Gasteiger partial charge >= 0.3 is 43.9 Å². The van der Waals surface area contributed by atoms with Crippen molar-refractivity contribution in [1.82, 2.24) is 0 Å². The molecule has 3 saturated carbocycles. The van der Waals surface area contributed by atoms with Crippen molar-refractivity contribution in [3.63, 3.8) is 0 Å². The summed E-state index contributed by atoms with van der Waals surface area (Å²) in [6.45, 7) is 16.1. The van der Waals surface area contributed by atoms with E-state index in [-0.39, 0.29) is 43.8 Å². The zero-order chi connectivity index (χ0) is 23.5. The van der Waals surface area contributed by atoms with E-state index in [0.29, 0.717) is 35.5 Å². The number of rotatable bonds is 6.